The number of methoxy groups -OCH3 is 1. The zero-order valence-corrected chi connectivity index (χ0v) is 10.4. The molecule has 0 spiro atoms. The Morgan fingerprint density at radius 2 is 2.12 bits per heavy atom. The van der Waals surface area contributed by atoms with Gasteiger partial charge in [0.1, 0.15) is 5.75 Å². The molecule has 1 aromatic heterocycles. The van der Waals surface area contributed by atoms with E-state index in [-0.39, 0.29) is 5.56 Å². The quantitative estimate of drug-likeness (QED) is 0.668. The molecular weight excluding hydrogens is 236 g/mol. The Bertz CT molecular complexity index is 581. The summed E-state index contributed by atoms with van der Waals surface area (Å²) in [6.07, 6.45) is 1.87. The topological polar surface area (TPSA) is 55.0 Å². The van der Waals surface area contributed by atoms with Crippen molar-refractivity contribution in [2.45, 2.75) is 5.16 Å². The van der Waals surface area contributed by atoms with Gasteiger partial charge in [-0.1, -0.05) is 23.9 Å². The highest BCUT2D eigenvalue weighted by Gasteiger charge is 2.08. The van der Waals surface area contributed by atoms with Crippen LogP contribution >= 0.6 is 11.8 Å². The van der Waals surface area contributed by atoms with Crippen molar-refractivity contribution in [3.05, 3.63) is 40.7 Å². The smallest absolute Gasteiger partial charge is 0.252 e. The molecule has 17 heavy (non-hydrogen) atoms. The third kappa shape index (κ3) is 2.50. The molecule has 0 unspecified atom stereocenters. The molecule has 0 aliphatic rings. The van der Waals surface area contributed by atoms with Gasteiger partial charge in [0.05, 0.1) is 12.8 Å². The number of nitrogens with zero attached hydrogens (tertiary/aromatic N) is 1. The molecule has 0 amide bonds. The highest BCUT2D eigenvalue weighted by Crippen LogP contribution is 2.27. The molecule has 0 radical (unpaired) electrons. The fourth-order valence-electron chi connectivity index (χ4n) is 1.53. The van der Waals surface area contributed by atoms with Crippen LogP contribution in [0.15, 0.2) is 40.3 Å². The Morgan fingerprint density at radius 1 is 1.35 bits per heavy atom. The van der Waals surface area contributed by atoms with Crippen molar-refractivity contribution < 1.29 is 4.74 Å². The molecular formula is C12H12N2O2S. The van der Waals surface area contributed by atoms with Gasteiger partial charge in [-0.3, -0.25) is 4.79 Å². The highest BCUT2D eigenvalue weighted by atomic mass is 32.2. The lowest BCUT2D eigenvalue weighted by Gasteiger charge is -2.07. The van der Waals surface area contributed by atoms with Crippen molar-refractivity contribution in [2.24, 2.45) is 0 Å². The van der Waals surface area contributed by atoms with Crippen molar-refractivity contribution in [1.29, 1.82) is 0 Å². The second-order valence-electron chi connectivity index (χ2n) is 3.34. The molecule has 0 saturated heterocycles. The van der Waals surface area contributed by atoms with E-state index >= 15 is 0 Å². The molecule has 4 nitrogen and oxygen atoms in total. The lowest BCUT2D eigenvalue weighted by Crippen LogP contribution is -2.08. The maximum absolute atomic E-state index is 11.5. The molecule has 1 N–H and O–H groups in total. The van der Waals surface area contributed by atoms with Crippen molar-refractivity contribution in [2.75, 3.05) is 13.4 Å². The minimum Gasteiger partial charge on any atom is -0.496 e. The van der Waals surface area contributed by atoms with E-state index in [0.29, 0.717) is 16.6 Å². The SMILES string of the molecule is COc1ccccc1-c1cc(=O)[nH]c(SC)n1. The van der Waals surface area contributed by atoms with Crippen LogP contribution in [0.3, 0.4) is 0 Å². The van der Waals surface area contributed by atoms with Crippen LogP contribution in [0.25, 0.3) is 11.3 Å². The van der Waals surface area contributed by atoms with Crippen LogP contribution in [0.5, 0.6) is 5.75 Å². The van der Waals surface area contributed by atoms with Gasteiger partial charge >= 0.3 is 0 Å². The zero-order valence-electron chi connectivity index (χ0n) is 9.56. The number of hydrogen-bond acceptors (Lipinski definition) is 4. The summed E-state index contributed by atoms with van der Waals surface area (Å²) in [4.78, 5) is 18.5. The number of thioether (sulfide) groups is 1. The molecule has 2 rings (SSSR count). The standard InChI is InChI=1S/C12H12N2O2S/c1-16-10-6-4-3-5-8(10)9-7-11(15)14-12(13-9)17-2/h3-7H,1-2H3,(H,13,14,15). The maximum atomic E-state index is 11.5. The lowest BCUT2D eigenvalue weighted by molar-refractivity contribution is 0.416. The van der Waals surface area contributed by atoms with E-state index in [1.54, 1.807) is 7.11 Å². The molecule has 0 aliphatic heterocycles. The first-order chi connectivity index (χ1) is 8.24. The summed E-state index contributed by atoms with van der Waals surface area (Å²) in [6, 6.07) is 8.96. The molecule has 1 heterocycles. The van der Waals surface area contributed by atoms with Gasteiger partial charge in [-0.2, -0.15) is 0 Å². The minimum absolute atomic E-state index is 0.162. The van der Waals surface area contributed by atoms with Crippen LogP contribution < -0.4 is 10.3 Å². The second kappa shape index (κ2) is 5.05. The van der Waals surface area contributed by atoms with Gasteiger partial charge < -0.3 is 9.72 Å². The van der Waals surface area contributed by atoms with Gasteiger partial charge in [0.15, 0.2) is 5.16 Å². The number of nitrogens with one attached hydrogen (secondary N) is 1. The van der Waals surface area contributed by atoms with Gasteiger partial charge in [-0.05, 0) is 18.4 Å². The molecule has 0 aliphatic carbocycles. The van der Waals surface area contributed by atoms with Crippen LogP contribution in [-0.4, -0.2) is 23.3 Å². The summed E-state index contributed by atoms with van der Waals surface area (Å²) in [5.74, 6) is 0.706. The monoisotopic (exact) mass is 248 g/mol. The van der Waals surface area contributed by atoms with E-state index in [9.17, 15) is 4.79 Å². The number of rotatable bonds is 3. The van der Waals surface area contributed by atoms with Gasteiger partial charge in [-0.15, -0.1) is 0 Å². The Balaban J connectivity index is 2.59. The lowest BCUT2D eigenvalue weighted by atomic mass is 10.1. The van der Waals surface area contributed by atoms with Crippen LogP contribution in [-0.2, 0) is 0 Å². The summed E-state index contributed by atoms with van der Waals surface area (Å²) < 4.78 is 5.25. The molecule has 0 atom stereocenters. The van der Waals surface area contributed by atoms with Crippen molar-refractivity contribution in [1.82, 2.24) is 9.97 Å². The summed E-state index contributed by atoms with van der Waals surface area (Å²) in [6.45, 7) is 0. The third-order valence-corrected chi connectivity index (χ3v) is 2.88. The number of benzene rings is 1. The number of ether oxygens (including phenoxy) is 1. The van der Waals surface area contributed by atoms with E-state index in [2.05, 4.69) is 9.97 Å². The Morgan fingerprint density at radius 3 is 2.82 bits per heavy atom. The van der Waals surface area contributed by atoms with Crippen LogP contribution in [0.2, 0.25) is 0 Å². The zero-order chi connectivity index (χ0) is 12.3. The highest BCUT2D eigenvalue weighted by molar-refractivity contribution is 7.98. The number of hydrogen-bond donors (Lipinski definition) is 1. The van der Waals surface area contributed by atoms with E-state index in [4.69, 9.17) is 4.74 Å². The largest absolute Gasteiger partial charge is 0.496 e. The van der Waals surface area contributed by atoms with E-state index in [1.807, 2.05) is 30.5 Å². The van der Waals surface area contributed by atoms with E-state index < -0.39 is 0 Å². The minimum atomic E-state index is -0.162. The second-order valence-corrected chi connectivity index (χ2v) is 4.14. The van der Waals surface area contributed by atoms with Crippen molar-refractivity contribution in [3.63, 3.8) is 0 Å². The maximum Gasteiger partial charge on any atom is 0.252 e. The van der Waals surface area contributed by atoms with Gasteiger partial charge in [0.25, 0.3) is 5.56 Å². The normalized spacial score (nSPS) is 10.2. The molecule has 0 saturated carbocycles. The predicted molar refractivity (Wildman–Crippen MR) is 68.6 cm³/mol. The first-order valence-electron chi connectivity index (χ1n) is 5.03. The number of para-hydroxylation sites is 1. The first kappa shape index (κ1) is 11.7. The Labute approximate surface area is 103 Å². The number of aromatic amines is 1. The molecule has 88 valence electrons. The number of H-pyrrole nitrogens is 1. The number of aromatic nitrogens is 2. The third-order valence-electron chi connectivity index (χ3n) is 2.30. The Hall–Kier alpha value is -1.75. The summed E-state index contributed by atoms with van der Waals surface area (Å²) in [7, 11) is 1.60. The van der Waals surface area contributed by atoms with Gasteiger partial charge in [-0.25, -0.2) is 4.98 Å². The molecule has 0 bridgehead atoms. The van der Waals surface area contributed by atoms with E-state index in [0.717, 1.165) is 5.56 Å². The predicted octanol–water partition coefficient (Wildman–Crippen LogP) is 2.17. The van der Waals surface area contributed by atoms with Crippen molar-refractivity contribution >= 4 is 11.8 Å². The van der Waals surface area contributed by atoms with Gasteiger partial charge in [0, 0.05) is 11.6 Å². The van der Waals surface area contributed by atoms with Crippen LogP contribution in [0.4, 0.5) is 0 Å². The fourth-order valence-corrected chi connectivity index (χ4v) is 1.92. The van der Waals surface area contributed by atoms with Crippen molar-refractivity contribution in [3.8, 4) is 17.0 Å². The van der Waals surface area contributed by atoms with Crippen LogP contribution in [0, 0.1) is 0 Å². The average molecular weight is 248 g/mol. The van der Waals surface area contributed by atoms with Gasteiger partial charge in [0.2, 0.25) is 0 Å². The molecule has 5 heteroatoms. The Kier molecular flexibility index (Phi) is 3.49. The average Bonchev–Trinajstić information content (AvgIpc) is 2.37. The fraction of sp³-hybridized carbons (Fsp3) is 0.167. The van der Waals surface area contributed by atoms with Crippen LogP contribution in [0.1, 0.15) is 0 Å². The summed E-state index contributed by atoms with van der Waals surface area (Å²) in [5.41, 5.74) is 1.28. The molecule has 1 aromatic carbocycles. The summed E-state index contributed by atoms with van der Waals surface area (Å²) in [5, 5.41) is 0.596. The van der Waals surface area contributed by atoms with E-state index in [1.165, 1.54) is 17.8 Å². The molecule has 0 fully saturated rings. The first-order valence-corrected chi connectivity index (χ1v) is 6.26. The molecule has 2 aromatic rings. The summed E-state index contributed by atoms with van der Waals surface area (Å²) >= 11 is 1.40.